The third kappa shape index (κ3) is 2.38. The zero-order valence-corrected chi connectivity index (χ0v) is 9.18. The summed E-state index contributed by atoms with van der Waals surface area (Å²) in [5.74, 6) is 1.42. The molecule has 1 aromatic carbocycles. The topological polar surface area (TPSA) is 48.1 Å². The molecule has 3 nitrogen and oxygen atoms in total. The van der Waals surface area contributed by atoms with Gasteiger partial charge in [0.05, 0.1) is 0 Å². The van der Waals surface area contributed by atoms with Crippen LogP contribution in [0.4, 0.5) is 0 Å². The van der Waals surface area contributed by atoms with Gasteiger partial charge in [-0.1, -0.05) is 24.3 Å². The van der Waals surface area contributed by atoms with E-state index in [0.29, 0.717) is 12.4 Å². The number of hydrogen-bond donors (Lipinski definition) is 1. The van der Waals surface area contributed by atoms with Crippen molar-refractivity contribution >= 4 is 0 Å². The van der Waals surface area contributed by atoms with Gasteiger partial charge in [-0.25, -0.2) is 4.98 Å². The van der Waals surface area contributed by atoms with Gasteiger partial charge >= 0.3 is 0 Å². The molecule has 0 fully saturated rings. The highest BCUT2D eigenvalue weighted by Crippen LogP contribution is 2.22. The molecular weight excluding hydrogens is 200 g/mol. The van der Waals surface area contributed by atoms with Crippen LogP contribution in [0.5, 0.6) is 11.6 Å². The van der Waals surface area contributed by atoms with Crippen molar-refractivity contribution in [1.29, 1.82) is 0 Å². The van der Waals surface area contributed by atoms with Gasteiger partial charge in [0.25, 0.3) is 0 Å². The molecule has 2 aromatic rings. The van der Waals surface area contributed by atoms with E-state index < -0.39 is 0 Å². The van der Waals surface area contributed by atoms with Crippen LogP contribution >= 0.6 is 0 Å². The molecule has 1 aromatic heterocycles. The van der Waals surface area contributed by atoms with Crippen molar-refractivity contribution in [2.75, 3.05) is 0 Å². The number of pyridine rings is 1. The Morgan fingerprint density at radius 1 is 1.19 bits per heavy atom. The summed E-state index contributed by atoms with van der Waals surface area (Å²) < 4.78 is 5.66. The predicted molar refractivity (Wildman–Crippen MR) is 63.4 cm³/mol. The molecule has 0 aliphatic heterocycles. The Morgan fingerprint density at radius 3 is 2.62 bits per heavy atom. The Morgan fingerprint density at radius 2 is 2.00 bits per heavy atom. The van der Waals surface area contributed by atoms with Crippen LogP contribution in [0.15, 0.2) is 42.6 Å². The maximum absolute atomic E-state index is 5.66. The number of nitrogens with two attached hydrogens (primary N) is 1. The lowest BCUT2D eigenvalue weighted by atomic mass is 10.2. The molecule has 0 spiro atoms. The normalized spacial score (nSPS) is 10.1. The Kier molecular flexibility index (Phi) is 3.17. The fourth-order valence-corrected chi connectivity index (χ4v) is 1.38. The van der Waals surface area contributed by atoms with Crippen LogP contribution in [0.25, 0.3) is 0 Å². The van der Waals surface area contributed by atoms with Crippen molar-refractivity contribution in [3.05, 3.63) is 53.7 Å². The minimum Gasteiger partial charge on any atom is -0.439 e. The Labute approximate surface area is 94.9 Å². The molecule has 3 heteroatoms. The number of hydrogen-bond acceptors (Lipinski definition) is 3. The highest BCUT2D eigenvalue weighted by Gasteiger charge is 2.01. The van der Waals surface area contributed by atoms with Crippen LogP contribution in [0.1, 0.15) is 11.1 Å². The molecule has 1 heterocycles. The number of rotatable bonds is 3. The third-order valence-electron chi connectivity index (χ3n) is 2.34. The third-order valence-corrected chi connectivity index (χ3v) is 2.34. The zero-order chi connectivity index (χ0) is 11.4. The number of benzene rings is 1. The molecule has 2 rings (SSSR count). The van der Waals surface area contributed by atoms with Crippen LogP contribution in [-0.4, -0.2) is 4.98 Å². The average molecular weight is 214 g/mol. The molecule has 0 aliphatic carbocycles. The Hall–Kier alpha value is -1.87. The van der Waals surface area contributed by atoms with Gasteiger partial charge in [-0.15, -0.1) is 0 Å². The minimum absolute atomic E-state index is 0.498. The summed E-state index contributed by atoms with van der Waals surface area (Å²) >= 11 is 0. The molecule has 0 unspecified atom stereocenters. The van der Waals surface area contributed by atoms with E-state index in [9.17, 15) is 0 Å². The second kappa shape index (κ2) is 4.77. The van der Waals surface area contributed by atoms with Gasteiger partial charge in [-0.3, -0.25) is 0 Å². The lowest BCUT2D eigenvalue weighted by Crippen LogP contribution is -1.97. The molecule has 2 N–H and O–H groups in total. The first-order valence-corrected chi connectivity index (χ1v) is 5.18. The number of aromatic nitrogens is 1. The minimum atomic E-state index is 0.498. The highest BCUT2D eigenvalue weighted by molar-refractivity contribution is 5.35. The highest BCUT2D eigenvalue weighted by atomic mass is 16.5. The van der Waals surface area contributed by atoms with Crippen LogP contribution in [-0.2, 0) is 6.54 Å². The number of nitrogens with zero attached hydrogens (tertiary/aromatic N) is 1. The van der Waals surface area contributed by atoms with Crippen molar-refractivity contribution in [3.63, 3.8) is 0 Å². The zero-order valence-electron chi connectivity index (χ0n) is 9.18. The molecular formula is C13H14N2O. The molecule has 0 saturated carbocycles. The summed E-state index contributed by atoms with van der Waals surface area (Å²) in [5.41, 5.74) is 7.58. The molecule has 0 aliphatic rings. The Bertz CT molecular complexity index is 466. The summed E-state index contributed by atoms with van der Waals surface area (Å²) in [6.07, 6.45) is 1.73. The van der Waals surface area contributed by atoms with E-state index in [-0.39, 0.29) is 0 Å². The maximum Gasteiger partial charge on any atom is 0.219 e. The van der Waals surface area contributed by atoms with E-state index in [1.165, 1.54) is 0 Å². The first-order chi connectivity index (χ1) is 7.79. The van der Waals surface area contributed by atoms with Gasteiger partial charge < -0.3 is 10.5 Å². The first kappa shape index (κ1) is 10.6. The average Bonchev–Trinajstić information content (AvgIpc) is 2.33. The van der Waals surface area contributed by atoms with Crippen molar-refractivity contribution in [2.45, 2.75) is 13.5 Å². The number of aryl methyl sites for hydroxylation is 1. The van der Waals surface area contributed by atoms with Crippen LogP contribution in [0, 0.1) is 6.92 Å². The summed E-state index contributed by atoms with van der Waals surface area (Å²) in [6.45, 7) is 2.50. The number of para-hydroxylation sites is 1. The monoisotopic (exact) mass is 214 g/mol. The first-order valence-electron chi connectivity index (χ1n) is 5.18. The van der Waals surface area contributed by atoms with Gasteiger partial charge in [-0.05, 0) is 24.1 Å². The van der Waals surface area contributed by atoms with Crippen LogP contribution < -0.4 is 10.5 Å². The summed E-state index contributed by atoms with van der Waals surface area (Å²) in [6, 6.07) is 11.6. The molecule has 0 saturated heterocycles. The maximum atomic E-state index is 5.66. The standard InChI is InChI=1S/C13H14N2O/c1-10-4-2-3-5-12(10)16-13-7-6-11(8-14)9-15-13/h2-7,9H,8,14H2,1H3. The van der Waals surface area contributed by atoms with Crippen LogP contribution in [0.3, 0.4) is 0 Å². The van der Waals surface area contributed by atoms with E-state index >= 15 is 0 Å². The van der Waals surface area contributed by atoms with E-state index in [1.54, 1.807) is 6.20 Å². The largest absolute Gasteiger partial charge is 0.439 e. The van der Waals surface area contributed by atoms with Crippen molar-refractivity contribution in [1.82, 2.24) is 4.98 Å². The molecule has 82 valence electrons. The molecule has 0 atom stereocenters. The van der Waals surface area contributed by atoms with Gasteiger partial charge in [0, 0.05) is 18.8 Å². The van der Waals surface area contributed by atoms with Gasteiger partial charge in [0.2, 0.25) is 5.88 Å². The van der Waals surface area contributed by atoms with Crippen molar-refractivity contribution < 1.29 is 4.74 Å². The fourth-order valence-electron chi connectivity index (χ4n) is 1.38. The SMILES string of the molecule is Cc1ccccc1Oc1ccc(CN)cn1. The molecule has 0 amide bonds. The molecule has 0 radical (unpaired) electrons. The van der Waals surface area contributed by atoms with Crippen LogP contribution in [0.2, 0.25) is 0 Å². The summed E-state index contributed by atoms with van der Waals surface area (Å²) in [5, 5.41) is 0. The molecule has 0 bridgehead atoms. The van der Waals surface area contributed by atoms with E-state index in [4.69, 9.17) is 10.5 Å². The second-order valence-corrected chi connectivity index (χ2v) is 3.58. The summed E-state index contributed by atoms with van der Waals surface area (Å²) in [7, 11) is 0. The van der Waals surface area contributed by atoms with Crippen molar-refractivity contribution in [3.8, 4) is 11.6 Å². The van der Waals surface area contributed by atoms with Gasteiger partial charge in [0.1, 0.15) is 5.75 Å². The van der Waals surface area contributed by atoms with Crippen molar-refractivity contribution in [2.24, 2.45) is 5.73 Å². The summed E-state index contributed by atoms with van der Waals surface area (Å²) in [4.78, 5) is 4.18. The van der Waals surface area contributed by atoms with E-state index in [1.807, 2.05) is 43.3 Å². The quantitative estimate of drug-likeness (QED) is 0.854. The second-order valence-electron chi connectivity index (χ2n) is 3.58. The van der Waals surface area contributed by atoms with E-state index in [0.717, 1.165) is 16.9 Å². The smallest absolute Gasteiger partial charge is 0.219 e. The lowest BCUT2D eigenvalue weighted by molar-refractivity contribution is 0.459. The predicted octanol–water partition coefficient (Wildman–Crippen LogP) is 2.64. The fraction of sp³-hybridized carbons (Fsp3) is 0.154. The number of ether oxygens (including phenoxy) is 1. The lowest BCUT2D eigenvalue weighted by Gasteiger charge is -2.07. The van der Waals surface area contributed by atoms with Gasteiger partial charge in [-0.2, -0.15) is 0 Å². The molecule has 16 heavy (non-hydrogen) atoms. The van der Waals surface area contributed by atoms with E-state index in [2.05, 4.69) is 4.98 Å². The van der Waals surface area contributed by atoms with Gasteiger partial charge in [0.15, 0.2) is 0 Å². The Balaban J connectivity index is 2.18.